The van der Waals surface area contributed by atoms with Crippen molar-refractivity contribution >= 4 is 50.9 Å². The summed E-state index contributed by atoms with van der Waals surface area (Å²) in [7, 11) is 0. The minimum atomic E-state index is -7.22. The van der Waals surface area contributed by atoms with Gasteiger partial charge in [-0.05, 0) is 6.92 Å². The van der Waals surface area contributed by atoms with Crippen LogP contribution in [0.1, 0.15) is 27.6 Å². The number of aromatic nitrogens is 1. The number of carbonyl (C=O) groups is 2. The highest BCUT2D eigenvalue weighted by Gasteiger charge is 2.52. The quantitative estimate of drug-likeness (QED) is 0.0389. The fourth-order valence-electron chi connectivity index (χ4n) is 6.51. The van der Waals surface area contributed by atoms with Crippen molar-refractivity contribution in [2.24, 2.45) is 0 Å². The Morgan fingerprint density at radius 1 is 0.435 bits per heavy atom. The number of nitrogens with zero attached hydrogens (tertiary/aromatic N) is 1. The lowest BCUT2D eigenvalue weighted by atomic mass is 9.12. The first-order valence-corrected chi connectivity index (χ1v) is 17.1. The van der Waals surface area contributed by atoms with Gasteiger partial charge in [-0.2, -0.15) is 4.57 Å². The van der Waals surface area contributed by atoms with Gasteiger partial charge in [-0.25, -0.2) is 87.8 Å². The van der Waals surface area contributed by atoms with E-state index in [1.165, 1.54) is 18.3 Å². The monoisotopic (exact) mass is 925 g/mol. The van der Waals surface area contributed by atoms with E-state index in [2.05, 4.69) is 0 Å². The maximum Gasteiger partial charge on any atom is 0.228 e. The van der Waals surface area contributed by atoms with Crippen molar-refractivity contribution in [3.05, 3.63) is 169 Å². The summed E-state index contributed by atoms with van der Waals surface area (Å²) in [5.74, 6) is -71.5. The van der Waals surface area contributed by atoms with Crippen LogP contribution in [-0.2, 0) is 6.54 Å². The lowest BCUT2D eigenvalue weighted by molar-refractivity contribution is -0.678. The molecule has 0 saturated carbocycles. The van der Waals surface area contributed by atoms with Gasteiger partial charge in [0, 0.05) is 11.1 Å². The van der Waals surface area contributed by atoms with Crippen molar-refractivity contribution in [1.82, 2.24) is 0 Å². The van der Waals surface area contributed by atoms with Gasteiger partial charge in [-0.3, -0.25) is 9.59 Å². The molecule has 326 valence electrons. The predicted octanol–water partition coefficient (Wildman–Crippen LogP) is 7.97. The zero-order valence-corrected chi connectivity index (χ0v) is 30.4. The minimum Gasteiger partial charge on any atom is -0.294 e. The van der Waals surface area contributed by atoms with E-state index in [9.17, 15) is 62.3 Å². The topological polar surface area (TPSA) is 38.0 Å². The molecule has 0 amide bonds. The van der Waals surface area contributed by atoms with Crippen LogP contribution in [0.5, 0.6) is 0 Å². The van der Waals surface area contributed by atoms with Gasteiger partial charge in [0.1, 0.15) is 52.7 Å². The second-order valence-corrected chi connectivity index (χ2v) is 13.3. The molecular formula is C37H12BF20NO2S. The van der Waals surface area contributed by atoms with E-state index in [4.69, 9.17) is 0 Å². The summed E-state index contributed by atoms with van der Waals surface area (Å²) >= 11 is 1.53. The maximum atomic E-state index is 15.4. The number of Topliss-reactive ketones (excluding diaryl/α,β-unsaturated/α-hetero) is 2. The maximum absolute atomic E-state index is 15.4. The Morgan fingerprint density at radius 2 is 0.694 bits per heavy atom. The number of rotatable bonds is 8. The highest BCUT2D eigenvalue weighted by molar-refractivity contribution is 7.20. The van der Waals surface area contributed by atoms with Gasteiger partial charge in [0.25, 0.3) is 0 Å². The first kappa shape index (κ1) is 46.8. The van der Waals surface area contributed by atoms with Gasteiger partial charge < -0.3 is 0 Å². The number of hydrogen-bond donors (Lipinski definition) is 0. The van der Waals surface area contributed by atoms with Gasteiger partial charge in [0.2, 0.25) is 17.8 Å². The first-order chi connectivity index (χ1) is 28.9. The van der Waals surface area contributed by atoms with Gasteiger partial charge >= 0.3 is 0 Å². The Balaban J connectivity index is 0.000000355. The number of ketones is 2. The summed E-state index contributed by atoms with van der Waals surface area (Å²) in [5.41, 5.74) is -11.5. The molecule has 0 aliphatic carbocycles. The third-order valence-electron chi connectivity index (χ3n) is 9.17. The lowest BCUT2D eigenvalue weighted by Crippen LogP contribution is -2.81. The standard InChI is InChI=1S/C24BF20.C13H12NO2S/c26-5-1(6(27)14(35)21(42)13(5)34)25(2-7(28)15(36)22(43)16(37)8(2)29,3-9(30)17(38)23(44)18(39)10(3)31)4-11(32)19(40)24(45)20(41)12(4)33;1-10(15)11-4-2-3-5-12(11)13(16)8-14-6-7-17-9-14/h;2-7,9H,8H2,1H3/q-1;+1. The van der Waals surface area contributed by atoms with Gasteiger partial charge in [0.15, 0.2) is 81.8 Å². The number of benzene rings is 5. The molecule has 6 rings (SSSR count). The van der Waals surface area contributed by atoms with Crippen LogP contribution in [0.3, 0.4) is 0 Å². The van der Waals surface area contributed by atoms with Crippen molar-refractivity contribution in [2.75, 3.05) is 0 Å². The number of halogens is 20. The van der Waals surface area contributed by atoms with Gasteiger partial charge in [-0.15, -0.1) is 21.9 Å². The van der Waals surface area contributed by atoms with Crippen molar-refractivity contribution < 1.29 is 102 Å². The molecule has 0 fully saturated rings. The summed E-state index contributed by atoms with van der Waals surface area (Å²) in [6.07, 6.45) is -5.37. The van der Waals surface area contributed by atoms with Crippen molar-refractivity contribution in [1.29, 1.82) is 0 Å². The zero-order chi connectivity index (χ0) is 46.6. The molecule has 3 nitrogen and oxygen atoms in total. The molecule has 6 aromatic rings. The normalized spacial score (nSPS) is 11.5. The molecule has 1 aromatic heterocycles. The van der Waals surface area contributed by atoms with Crippen molar-refractivity contribution in [2.45, 2.75) is 13.5 Å². The summed E-state index contributed by atoms with van der Waals surface area (Å²) in [5, 5.41) is 1.91. The van der Waals surface area contributed by atoms with Crippen LogP contribution in [0.25, 0.3) is 0 Å². The van der Waals surface area contributed by atoms with Crippen molar-refractivity contribution in [3.63, 3.8) is 0 Å². The van der Waals surface area contributed by atoms with E-state index in [1.54, 1.807) is 24.3 Å². The van der Waals surface area contributed by atoms with Crippen LogP contribution in [-0.4, -0.2) is 17.7 Å². The van der Waals surface area contributed by atoms with E-state index in [1.807, 2.05) is 21.7 Å². The molecule has 1 heterocycles. The summed E-state index contributed by atoms with van der Waals surface area (Å²) < 4.78 is 296. The summed E-state index contributed by atoms with van der Waals surface area (Å²) in [6.45, 7) is 1.75. The molecular weight excluding hydrogens is 913 g/mol. The van der Waals surface area contributed by atoms with Crippen molar-refractivity contribution in [3.8, 4) is 0 Å². The Kier molecular flexibility index (Phi) is 13.0. The zero-order valence-electron chi connectivity index (χ0n) is 29.6. The molecule has 0 aliphatic heterocycles. The van der Waals surface area contributed by atoms with Crippen LogP contribution in [0.2, 0.25) is 0 Å². The predicted molar refractivity (Wildman–Crippen MR) is 175 cm³/mol. The fraction of sp³-hybridized carbons (Fsp3) is 0.0541. The SMILES string of the molecule is CC(=O)c1ccccc1C(=O)C[n+]1ccsc1.Fc1c(F)c(F)c([B-](c2c(F)c(F)c(F)c(F)c2F)(c2c(F)c(F)c(F)c(F)c2F)c2c(F)c(F)c(F)c(F)c2F)c(F)c1F. The molecule has 0 aliphatic rings. The van der Waals surface area contributed by atoms with Crippen LogP contribution < -0.4 is 26.4 Å². The molecule has 0 spiro atoms. The largest absolute Gasteiger partial charge is 0.294 e. The van der Waals surface area contributed by atoms with E-state index in [0.29, 0.717) is 11.1 Å². The smallest absolute Gasteiger partial charge is 0.228 e. The van der Waals surface area contributed by atoms with E-state index < -0.39 is 144 Å². The van der Waals surface area contributed by atoms with E-state index >= 15 is 35.1 Å². The molecule has 62 heavy (non-hydrogen) atoms. The second-order valence-electron chi connectivity index (χ2n) is 12.5. The van der Waals surface area contributed by atoms with Gasteiger partial charge in [-0.1, -0.05) is 35.6 Å². The third-order valence-corrected chi connectivity index (χ3v) is 9.84. The average Bonchev–Trinajstić information content (AvgIpc) is 3.76. The molecule has 0 bridgehead atoms. The number of thiazole rings is 1. The van der Waals surface area contributed by atoms with Crippen LogP contribution >= 0.6 is 11.3 Å². The lowest BCUT2D eigenvalue weighted by Gasteiger charge is -2.44. The Morgan fingerprint density at radius 3 is 0.935 bits per heavy atom. The molecule has 0 N–H and O–H groups in total. The molecule has 0 unspecified atom stereocenters. The molecule has 0 radical (unpaired) electrons. The van der Waals surface area contributed by atoms with Crippen LogP contribution in [0, 0.1) is 116 Å². The Labute approximate surface area is 335 Å². The minimum absolute atomic E-state index is 0.0424. The van der Waals surface area contributed by atoms with E-state index in [-0.39, 0.29) is 18.1 Å². The summed E-state index contributed by atoms with van der Waals surface area (Å²) in [4.78, 5) is 23.5. The molecule has 0 saturated heterocycles. The molecule has 0 atom stereocenters. The first-order valence-electron chi connectivity index (χ1n) is 16.2. The second kappa shape index (κ2) is 17.2. The Bertz CT molecular complexity index is 2450. The van der Waals surface area contributed by atoms with Gasteiger partial charge in [0.05, 0.1) is 5.38 Å². The highest BCUT2D eigenvalue weighted by atomic mass is 32.1. The third kappa shape index (κ3) is 7.23. The van der Waals surface area contributed by atoms with Crippen LogP contribution in [0.15, 0.2) is 41.4 Å². The highest BCUT2D eigenvalue weighted by Crippen LogP contribution is 2.30. The molecule has 25 heteroatoms. The molecule has 5 aromatic carbocycles. The van der Waals surface area contributed by atoms with E-state index in [0.717, 1.165) is 0 Å². The number of carbonyl (C=O) groups excluding carboxylic acids is 2. The Hall–Kier alpha value is -6.27. The summed E-state index contributed by atoms with van der Waals surface area (Å²) in [6, 6.07) is 6.93. The number of hydrogen-bond acceptors (Lipinski definition) is 3. The van der Waals surface area contributed by atoms with Crippen LogP contribution in [0.4, 0.5) is 87.8 Å². The fourth-order valence-corrected chi connectivity index (χ4v) is 7.11. The average molecular weight is 925 g/mol.